The van der Waals surface area contributed by atoms with Crippen molar-refractivity contribution in [2.24, 2.45) is 0 Å². The highest BCUT2D eigenvalue weighted by Gasteiger charge is 2.49. The molecule has 11 nitrogen and oxygen atoms in total. The van der Waals surface area contributed by atoms with E-state index >= 15 is 0 Å². The van der Waals surface area contributed by atoms with E-state index < -0.39 is 73.9 Å². The van der Waals surface area contributed by atoms with Crippen molar-refractivity contribution in [1.29, 1.82) is 0 Å². The average molecular weight is 342 g/mol. The first-order valence-electron chi connectivity index (χ1n) is 6.84. The fourth-order valence-corrected chi connectivity index (χ4v) is 2.20. The van der Waals surface area contributed by atoms with E-state index in [2.05, 4.69) is 0 Å². The topological polar surface area (TPSA) is 208 Å². The van der Waals surface area contributed by atoms with Gasteiger partial charge in [-0.25, -0.2) is 0 Å². The number of rotatable bonds is 7. The Kier molecular flexibility index (Phi) is 7.41. The smallest absolute Gasteiger partial charge is 0.195 e. The second kappa shape index (κ2) is 8.39. The van der Waals surface area contributed by atoms with E-state index in [1.807, 2.05) is 0 Å². The number of carbonyl (C=O) groups excluding carboxylic acids is 1. The van der Waals surface area contributed by atoms with E-state index in [4.69, 9.17) is 14.9 Å². The van der Waals surface area contributed by atoms with Gasteiger partial charge in [-0.3, -0.25) is 4.79 Å². The summed E-state index contributed by atoms with van der Waals surface area (Å²) in [6.45, 7) is -1.74. The summed E-state index contributed by atoms with van der Waals surface area (Å²) in [6, 6.07) is 0. The summed E-state index contributed by atoms with van der Waals surface area (Å²) in [5.74, 6) is -1.35. The van der Waals surface area contributed by atoms with Crippen LogP contribution in [0.3, 0.4) is 0 Å². The monoisotopic (exact) mass is 342 g/mol. The lowest BCUT2D eigenvalue weighted by Crippen LogP contribution is -2.63. The Morgan fingerprint density at radius 3 is 1.96 bits per heavy atom. The van der Waals surface area contributed by atoms with Gasteiger partial charge in [-0.2, -0.15) is 0 Å². The molecule has 0 bridgehead atoms. The van der Waals surface area contributed by atoms with E-state index in [9.17, 15) is 40.5 Å². The number of Topliss-reactive ketones (excluding diaryl/α,β-unsaturated/α-hetero) is 1. The Labute approximate surface area is 130 Å². The van der Waals surface area contributed by atoms with Crippen LogP contribution in [0.1, 0.15) is 0 Å². The molecule has 1 fully saturated rings. The fraction of sp³-hybridized carbons (Fsp3) is 0.917. The van der Waals surface area contributed by atoms with E-state index in [1.54, 1.807) is 0 Å². The molecule has 0 amide bonds. The van der Waals surface area contributed by atoms with Crippen molar-refractivity contribution in [3.05, 3.63) is 0 Å². The predicted molar refractivity (Wildman–Crippen MR) is 69.9 cm³/mol. The first-order valence-corrected chi connectivity index (χ1v) is 6.84. The SMILES string of the molecule is O=C(C(O)C(O)C(O)C(O)CO)[C@H]1O[C@H](CO)[C@H](O)[C@H](O)[C@H]1O. The molecule has 0 aromatic heterocycles. The van der Waals surface area contributed by atoms with Crippen molar-refractivity contribution < 1.29 is 55.5 Å². The van der Waals surface area contributed by atoms with Gasteiger partial charge in [-0.15, -0.1) is 0 Å². The molecule has 9 atom stereocenters. The lowest BCUT2D eigenvalue weighted by atomic mass is 9.89. The Morgan fingerprint density at radius 2 is 1.48 bits per heavy atom. The summed E-state index contributed by atoms with van der Waals surface area (Å²) in [5, 5.41) is 84.5. The molecule has 1 aliphatic rings. The maximum Gasteiger partial charge on any atom is 0.195 e. The standard InChI is InChI=1S/C12H22O11/c13-1-3(15)5(16)7(18)9(20)11(22)12-10(21)8(19)6(17)4(2-14)23-12/h3-10,12-21H,1-2H2/t3?,4-,5?,6+,7?,8+,9?,10-,12+/m1/s1. The Balaban J connectivity index is 2.85. The largest absolute Gasteiger partial charge is 0.394 e. The number of hydrogen-bond acceptors (Lipinski definition) is 11. The van der Waals surface area contributed by atoms with Crippen molar-refractivity contribution in [2.75, 3.05) is 13.2 Å². The number of hydrogen-bond donors (Lipinski definition) is 9. The number of aliphatic hydroxyl groups is 9. The maximum absolute atomic E-state index is 12.1. The van der Waals surface area contributed by atoms with Gasteiger partial charge in [-0.1, -0.05) is 0 Å². The molecule has 23 heavy (non-hydrogen) atoms. The van der Waals surface area contributed by atoms with E-state index in [1.165, 1.54) is 0 Å². The number of ketones is 1. The van der Waals surface area contributed by atoms with E-state index in [0.29, 0.717) is 0 Å². The molecular formula is C12H22O11. The average Bonchev–Trinajstić information content (AvgIpc) is 2.56. The van der Waals surface area contributed by atoms with Crippen LogP contribution in [0.2, 0.25) is 0 Å². The first kappa shape index (κ1) is 20.3. The molecule has 0 aliphatic carbocycles. The number of aliphatic hydroxyl groups excluding tert-OH is 9. The molecule has 1 heterocycles. The van der Waals surface area contributed by atoms with Crippen LogP contribution in [-0.2, 0) is 9.53 Å². The highest BCUT2D eigenvalue weighted by molar-refractivity contribution is 5.88. The van der Waals surface area contributed by atoms with Crippen LogP contribution in [0, 0.1) is 0 Å². The molecule has 9 N–H and O–H groups in total. The molecule has 1 aliphatic heterocycles. The van der Waals surface area contributed by atoms with Gasteiger partial charge in [0.25, 0.3) is 0 Å². The minimum Gasteiger partial charge on any atom is -0.394 e. The minimum absolute atomic E-state index is 0.792. The summed E-state index contributed by atoms with van der Waals surface area (Å²) in [5.41, 5.74) is 0. The summed E-state index contributed by atoms with van der Waals surface area (Å²) >= 11 is 0. The molecule has 0 spiro atoms. The second-order valence-corrected chi connectivity index (χ2v) is 5.33. The van der Waals surface area contributed by atoms with Gasteiger partial charge in [0.05, 0.1) is 13.2 Å². The van der Waals surface area contributed by atoms with Crippen LogP contribution < -0.4 is 0 Å². The fourth-order valence-electron chi connectivity index (χ4n) is 2.20. The third-order valence-electron chi connectivity index (χ3n) is 3.72. The predicted octanol–water partition coefficient (Wildman–Crippen LogP) is -6.17. The number of carbonyl (C=O) groups is 1. The second-order valence-electron chi connectivity index (χ2n) is 5.33. The van der Waals surface area contributed by atoms with Crippen LogP contribution in [0.15, 0.2) is 0 Å². The van der Waals surface area contributed by atoms with Crippen molar-refractivity contribution in [3.63, 3.8) is 0 Å². The van der Waals surface area contributed by atoms with Gasteiger partial charge < -0.3 is 50.7 Å². The zero-order chi connectivity index (χ0) is 17.9. The normalized spacial score (nSPS) is 37.0. The van der Waals surface area contributed by atoms with Gasteiger partial charge in [-0.05, 0) is 0 Å². The molecular weight excluding hydrogens is 320 g/mol. The molecule has 1 saturated heterocycles. The number of ether oxygens (including phenoxy) is 1. The summed E-state index contributed by atoms with van der Waals surface area (Å²) in [6.07, 6.45) is -17.2. The van der Waals surface area contributed by atoms with Gasteiger partial charge >= 0.3 is 0 Å². The zero-order valence-electron chi connectivity index (χ0n) is 12.0. The highest BCUT2D eigenvalue weighted by Crippen LogP contribution is 2.23. The van der Waals surface area contributed by atoms with Crippen LogP contribution in [-0.4, -0.2) is 120 Å². The molecule has 11 heteroatoms. The highest BCUT2D eigenvalue weighted by atomic mass is 16.5. The van der Waals surface area contributed by atoms with Crippen molar-refractivity contribution in [1.82, 2.24) is 0 Å². The van der Waals surface area contributed by atoms with Gasteiger partial charge in [0.1, 0.15) is 54.9 Å². The lowest BCUT2D eigenvalue weighted by Gasteiger charge is -2.40. The Hall–Kier alpha value is -0.730. The van der Waals surface area contributed by atoms with Crippen molar-refractivity contribution in [3.8, 4) is 0 Å². The molecule has 4 unspecified atom stereocenters. The van der Waals surface area contributed by atoms with Crippen LogP contribution in [0.4, 0.5) is 0 Å². The lowest BCUT2D eigenvalue weighted by molar-refractivity contribution is -0.231. The Morgan fingerprint density at radius 1 is 0.913 bits per heavy atom. The third-order valence-corrected chi connectivity index (χ3v) is 3.72. The van der Waals surface area contributed by atoms with Gasteiger partial charge in [0, 0.05) is 0 Å². The van der Waals surface area contributed by atoms with Crippen LogP contribution in [0.25, 0.3) is 0 Å². The molecule has 0 radical (unpaired) electrons. The van der Waals surface area contributed by atoms with Gasteiger partial charge in [0.2, 0.25) is 0 Å². The third kappa shape index (κ3) is 4.22. The van der Waals surface area contributed by atoms with Gasteiger partial charge in [0.15, 0.2) is 5.78 Å². The van der Waals surface area contributed by atoms with Crippen molar-refractivity contribution in [2.45, 2.75) is 54.9 Å². The Bertz CT molecular complexity index is 389. The van der Waals surface area contributed by atoms with E-state index in [-0.39, 0.29) is 0 Å². The van der Waals surface area contributed by atoms with Crippen LogP contribution >= 0.6 is 0 Å². The first-order chi connectivity index (χ1) is 10.7. The molecule has 136 valence electrons. The quantitative estimate of drug-likeness (QED) is 0.212. The van der Waals surface area contributed by atoms with E-state index in [0.717, 1.165) is 0 Å². The maximum atomic E-state index is 12.1. The molecule has 0 saturated carbocycles. The summed E-state index contributed by atoms with van der Waals surface area (Å²) in [4.78, 5) is 12.1. The van der Waals surface area contributed by atoms with Crippen LogP contribution in [0.5, 0.6) is 0 Å². The van der Waals surface area contributed by atoms with Crippen molar-refractivity contribution >= 4 is 5.78 Å². The molecule has 1 rings (SSSR count). The minimum atomic E-state index is -2.33. The zero-order valence-corrected chi connectivity index (χ0v) is 12.0. The molecule has 0 aromatic rings. The summed E-state index contributed by atoms with van der Waals surface area (Å²) < 4.78 is 4.91. The molecule has 0 aromatic carbocycles. The summed E-state index contributed by atoms with van der Waals surface area (Å²) in [7, 11) is 0.